The summed E-state index contributed by atoms with van der Waals surface area (Å²) < 4.78 is 0. The minimum Gasteiger partial charge on any atom is -0.382 e. The number of nitro benzene ring substituents is 1. The molecule has 1 aromatic carbocycles. The molecule has 1 N–H and O–H groups in total. The summed E-state index contributed by atoms with van der Waals surface area (Å²) in [6, 6.07) is 5.93. The Morgan fingerprint density at radius 3 is 2.35 bits per heavy atom. The normalized spacial score (nSPS) is 18.1. The van der Waals surface area contributed by atoms with E-state index in [0.717, 1.165) is 19.3 Å². The largest absolute Gasteiger partial charge is 0.382 e. The van der Waals surface area contributed by atoms with E-state index < -0.39 is 10.5 Å². The highest BCUT2D eigenvalue weighted by atomic mass is 16.6. The molecule has 0 radical (unpaired) electrons. The molecule has 0 atom stereocenters. The summed E-state index contributed by atoms with van der Waals surface area (Å²) >= 11 is 0. The zero-order chi connectivity index (χ0) is 14.6. The van der Waals surface area contributed by atoms with Crippen molar-refractivity contribution in [2.45, 2.75) is 37.7 Å². The first-order chi connectivity index (χ1) is 9.51. The van der Waals surface area contributed by atoms with Gasteiger partial charge in [0.25, 0.3) is 5.69 Å². The third kappa shape index (κ3) is 3.30. The Bertz CT molecular complexity index is 527. The first-order valence-electron chi connectivity index (χ1n) is 6.71. The van der Waals surface area contributed by atoms with Crippen molar-refractivity contribution in [2.24, 2.45) is 0 Å². The Morgan fingerprint density at radius 1 is 1.20 bits per heavy atom. The topological polar surface area (TPSA) is 80.4 Å². The number of rotatable bonds is 4. The van der Waals surface area contributed by atoms with Crippen LogP contribution in [-0.4, -0.2) is 21.4 Å². The molecule has 1 aliphatic carbocycles. The maximum Gasteiger partial charge on any atom is 0.269 e. The molecule has 0 amide bonds. The monoisotopic (exact) mass is 275 g/mol. The second kappa shape index (κ2) is 5.96. The molecule has 0 aliphatic heterocycles. The maximum atomic E-state index is 12.0. The summed E-state index contributed by atoms with van der Waals surface area (Å²) in [6.45, 7) is 0. The quantitative estimate of drug-likeness (QED) is 0.520. The minimum absolute atomic E-state index is 0.0133. The maximum absolute atomic E-state index is 12.0. The SMILES string of the molecule is O=C(C=Cc1ccc([N+](=O)[O-])cc1)C1(O)CCCCC1. The Hall–Kier alpha value is -2.01. The van der Waals surface area contributed by atoms with E-state index in [0.29, 0.717) is 18.4 Å². The third-order valence-corrected chi connectivity index (χ3v) is 3.67. The lowest BCUT2D eigenvalue weighted by Crippen LogP contribution is -2.39. The molecule has 0 spiro atoms. The van der Waals surface area contributed by atoms with Gasteiger partial charge >= 0.3 is 0 Å². The predicted molar refractivity (Wildman–Crippen MR) is 75.2 cm³/mol. The third-order valence-electron chi connectivity index (χ3n) is 3.67. The first-order valence-corrected chi connectivity index (χ1v) is 6.71. The molecule has 0 unspecified atom stereocenters. The van der Waals surface area contributed by atoms with Crippen LogP contribution in [0.4, 0.5) is 5.69 Å². The smallest absolute Gasteiger partial charge is 0.269 e. The van der Waals surface area contributed by atoms with Gasteiger partial charge in [-0.3, -0.25) is 14.9 Å². The molecule has 1 fully saturated rings. The molecule has 0 heterocycles. The molecule has 20 heavy (non-hydrogen) atoms. The Kier molecular flexibility index (Phi) is 4.29. The van der Waals surface area contributed by atoms with Gasteiger partial charge in [-0.2, -0.15) is 0 Å². The van der Waals surface area contributed by atoms with Crippen molar-refractivity contribution < 1.29 is 14.8 Å². The van der Waals surface area contributed by atoms with Gasteiger partial charge in [0.1, 0.15) is 5.60 Å². The van der Waals surface area contributed by atoms with Crippen molar-refractivity contribution in [2.75, 3.05) is 0 Å². The van der Waals surface area contributed by atoms with E-state index in [1.165, 1.54) is 18.2 Å². The number of benzene rings is 1. The van der Waals surface area contributed by atoms with Crippen LogP contribution >= 0.6 is 0 Å². The lowest BCUT2D eigenvalue weighted by molar-refractivity contribution is -0.384. The Morgan fingerprint density at radius 2 is 1.80 bits per heavy atom. The van der Waals surface area contributed by atoms with E-state index in [4.69, 9.17) is 0 Å². The summed E-state index contributed by atoms with van der Waals surface area (Å²) in [6.07, 6.45) is 6.76. The number of nitro groups is 1. The molecule has 5 nitrogen and oxygen atoms in total. The van der Waals surface area contributed by atoms with E-state index in [1.807, 2.05) is 0 Å². The number of ketones is 1. The molecule has 5 heteroatoms. The van der Waals surface area contributed by atoms with Crippen LogP contribution in [0.25, 0.3) is 6.08 Å². The molecule has 1 aromatic rings. The van der Waals surface area contributed by atoms with Crippen molar-refractivity contribution in [1.29, 1.82) is 0 Å². The van der Waals surface area contributed by atoms with E-state index in [9.17, 15) is 20.0 Å². The van der Waals surface area contributed by atoms with Gasteiger partial charge in [0.05, 0.1) is 4.92 Å². The number of carbonyl (C=O) groups excluding carboxylic acids is 1. The van der Waals surface area contributed by atoms with Gasteiger partial charge in [0.2, 0.25) is 0 Å². The van der Waals surface area contributed by atoms with E-state index in [-0.39, 0.29) is 11.5 Å². The molecule has 0 aromatic heterocycles. The van der Waals surface area contributed by atoms with Gasteiger partial charge in [0, 0.05) is 12.1 Å². The van der Waals surface area contributed by atoms with Gasteiger partial charge in [-0.25, -0.2) is 0 Å². The number of nitrogens with zero attached hydrogens (tertiary/aromatic N) is 1. The highest BCUT2D eigenvalue weighted by molar-refractivity contribution is 5.99. The van der Waals surface area contributed by atoms with Crippen LogP contribution in [0, 0.1) is 10.1 Å². The van der Waals surface area contributed by atoms with Crippen molar-refractivity contribution in [3.8, 4) is 0 Å². The highest BCUT2D eigenvalue weighted by Crippen LogP contribution is 2.29. The van der Waals surface area contributed by atoms with Crippen LogP contribution in [0.1, 0.15) is 37.7 Å². The van der Waals surface area contributed by atoms with E-state index in [1.54, 1.807) is 18.2 Å². The molecular weight excluding hydrogens is 258 g/mol. The first kappa shape index (κ1) is 14.4. The van der Waals surface area contributed by atoms with Gasteiger partial charge in [0.15, 0.2) is 5.78 Å². The number of non-ortho nitro benzene ring substituents is 1. The van der Waals surface area contributed by atoms with Gasteiger partial charge in [-0.15, -0.1) is 0 Å². The number of aliphatic hydroxyl groups is 1. The number of hydrogen-bond acceptors (Lipinski definition) is 4. The predicted octanol–water partition coefficient (Wildman–Crippen LogP) is 2.87. The van der Waals surface area contributed by atoms with Crippen LogP contribution in [-0.2, 0) is 4.79 Å². The fraction of sp³-hybridized carbons (Fsp3) is 0.400. The fourth-order valence-electron chi connectivity index (χ4n) is 2.42. The van der Waals surface area contributed by atoms with Gasteiger partial charge in [-0.05, 0) is 36.6 Å². The average molecular weight is 275 g/mol. The molecule has 2 rings (SSSR count). The molecule has 1 saturated carbocycles. The van der Waals surface area contributed by atoms with Crippen molar-refractivity contribution >= 4 is 17.5 Å². The highest BCUT2D eigenvalue weighted by Gasteiger charge is 2.34. The zero-order valence-corrected chi connectivity index (χ0v) is 11.1. The lowest BCUT2D eigenvalue weighted by Gasteiger charge is -2.29. The molecule has 106 valence electrons. The van der Waals surface area contributed by atoms with E-state index >= 15 is 0 Å². The summed E-state index contributed by atoms with van der Waals surface area (Å²) in [5.41, 5.74) is -0.516. The number of carbonyl (C=O) groups is 1. The molecular formula is C15H17NO4. The standard InChI is InChI=1S/C15H17NO4/c17-14(15(18)10-2-1-3-11-15)9-6-12-4-7-13(8-5-12)16(19)20/h4-9,18H,1-3,10-11H2. The van der Waals surface area contributed by atoms with E-state index in [2.05, 4.69) is 0 Å². The fourth-order valence-corrected chi connectivity index (χ4v) is 2.42. The lowest BCUT2D eigenvalue weighted by atomic mass is 9.81. The van der Waals surface area contributed by atoms with Crippen molar-refractivity contribution in [3.05, 3.63) is 46.0 Å². The van der Waals surface area contributed by atoms with Crippen molar-refractivity contribution in [1.82, 2.24) is 0 Å². The molecule has 0 bridgehead atoms. The summed E-state index contributed by atoms with van der Waals surface area (Å²) in [4.78, 5) is 22.1. The van der Waals surface area contributed by atoms with Crippen LogP contribution in [0.3, 0.4) is 0 Å². The molecule has 1 aliphatic rings. The number of hydrogen-bond donors (Lipinski definition) is 1. The minimum atomic E-state index is -1.23. The average Bonchev–Trinajstić information content (AvgIpc) is 2.46. The van der Waals surface area contributed by atoms with Crippen LogP contribution < -0.4 is 0 Å². The molecule has 0 saturated heterocycles. The van der Waals surface area contributed by atoms with Crippen LogP contribution in [0.2, 0.25) is 0 Å². The summed E-state index contributed by atoms with van der Waals surface area (Å²) in [7, 11) is 0. The Balaban J connectivity index is 2.04. The van der Waals surface area contributed by atoms with Gasteiger partial charge < -0.3 is 5.11 Å². The Labute approximate surface area is 117 Å². The summed E-state index contributed by atoms with van der Waals surface area (Å²) in [5, 5.41) is 20.8. The van der Waals surface area contributed by atoms with Crippen LogP contribution in [0.5, 0.6) is 0 Å². The van der Waals surface area contributed by atoms with Crippen LogP contribution in [0.15, 0.2) is 30.3 Å². The van der Waals surface area contributed by atoms with Gasteiger partial charge in [-0.1, -0.05) is 25.3 Å². The van der Waals surface area contributed by atoms with Crippen molar-refractivity contribution in [3.63, 3.8) is 0 Å². The summed E-state index contributed by atoms with van der Waals surface area (Å²) in [5.74, 6) is -0.282. The second-order valence-electron chi connectivity index (χ2n) is 5.14. The second-order valence-corrected chi connectivity index (χ2v) is 5.14. The zero-order valence-electron chi connectivity index (χ0n) is 11.1.